The molecule has 0 aliphatic heterocycles. The first-order chi connectivity index (χ1) is 8.11. The maximum atomic E-state index is 10.7. The molecule has 0 unspecified atom stereocenters. The van der Waals surface area contributed by atoms with Crippen LogP contribution in [0.5, 0.6) is 0 Å². The summed E-state index contributed by atoms with van der Waals surface area (Å²) in [6.45, 7) is 2.04. The second-order valence-electron chi connectivity index (χ2n) is 3.73. The van der Waals surface area contributed by atoms with Crippen LogP contribution in [-0.4, -0.2) is 4.92 Å². The van der Waals surface area contributed by atoms with Gasteiger partial charge >= 0.3 is 0 Å². The van der Waals surface area contributed by atoms with E-state index in [4.69, 9.17) is 10.2 Å². The predicted octanol–water partition coefficient (Wildman–Crippen LogP) is 2.62. The average molecular weight is 232 g/mol. The molecule has 2 aromatic rings. The highest BCUT2D eigenvalue weighted by Crippen LogP contribution is 2.27. The molecule has 0 saturated carbocycles. The first kappa shape index (κ1) is 11.3. The van der Waals surface area contributed by atoms with Crippen molar-refractivity contribution in [3.8, 4) is 11.3 Å². The number of nitrogens with two attached hydrogens (primary N) is 1. The summed E-state index contributed by atoms with van der Waals surface area (Å²) in [5.41, 5.74) is 6.98. The molecule has 0 aliphatic rings. The molecule has 1 aromatic heterocycles. The summed E-state index contributed by atoms with van der Waals surface area (Å²) in [7, 11) is 0. The smallest absolute Gasteiger partial charge is 0.272 e. The zero-order valence-electron chi connectivity index (χ0n) is 9.34. The van der Waals surface area contributed by atoms with Crippen molar-refractivity contribution < 1.29 is 9.34 Å². The number of benzene rings is 1. The quantitative estimate of drug-likeness (QED) is 0.651. The van der Waals surface area contributed by atoms with Gasteiger partial charge in [-0.15, -0.1) is 0 Å². The van der Waals surface area contributed by atoms with E-state index < -0.39 is 4.92 Å². The van der Waals surface area contributed by atoms with Gasteiger partial charge < -0.3 is 10.2 Å². The minimum absolute atomic E-state index is 0.111. The Balaban J connectivity index is 2.40. The lowest BCUT2D eigenvalue weighted by Crippen LogP contribution is -1.93. The summed E-state index contributed by atoms with van der Waals surface area (Å²) in [5, 5.41) is 10.7. The number of hydrogen-bond acceptors (Lipinski definition) is 4. The highest BCUT2D eigenvalue weighted by molar-refractivity contribution is 5.62. The van der Waals surface area contributed by atoms with Crippen molar-refractivity contribution in [2.75, 3.05) is 0 Å². The lowest BCUT2D eigenvalue weighted by Gasteiger charge is -2.00. The first-order valence-electron chi connectivity index (χ1n) is 5.16. The number of furan rings is 1. The maximum absolute atomic E-state index is 10.7. The Kier molecular flexibility index (Phi) is 2.93. The normalized spacial score (nSPS) is 10.5. The largest absolute Gasteiger partial charge is 0.460 e. The van der Waals surface area contributed by atoms with Gasteiger partial charge in [0.25, 0.3) is 5.69 Å². The van der Waals surface area contributed by atoms with Gasteiger partial charge in [0.2, 0.25) is 0 Å². The molecule has 5 nitrogen and oxygen atoms in total. The number of rotatable bonds is 3. The van der Waals surface area contributed by atoms with E-state index in [2.05, 4.69) is 0 Å². The minimum Gasteiger partial charge on any atom is -0.460 e. The summed E-state index contributed by atoms with van der Waals surface area (Å²) in [6, 6.07) is 8.49. The molecule has 0 spiro atoms. The minimum atomic E-state index is -0.396. The van der Waals surface area contributed by atoms with Gasteiger partial charge in [0.05, 0.1) is 11.5 Å². The Bertz CT molecular complexity index is 561. The van der Waals surface area contributed by atoms with E-state index in [0.717, 1.165) is 5.56 Å². The van der Waals surface area contributed by atoms with E-state index in [9.17, 15) is 10.1 Å². The molecule has 0 fully saturated rings. The van der Waals surface area contributed by atoms with E-state index in [1.54, 1.807) is 25.1 Å². The molecule has 5 heteroatoms. The second-order valence-corrected chi connectivity index (χ2v) is 3.73. The van der Waals surface area contributed by atoms with Gasteiger partial charge in [-0.3, -0.25) is 10.1 Å². The van der Waals surface area contributed by atoms with Crippen molar-refractivity contribution in [1.82, 2.24) is 0 Å². The molecular weight excluding hydrogens is 220 g/mol. The van der Waals surface area contributed by atoms with Crippen LogP contribution in [0.2, 0.25) is 0 Å². The Labute approximate surface area is 98.0 Å². The number of nitro groups is 1. The number of aryl methyl sites for hydroxylation is 1. The summed E-state index contributed by atoms with van der Waals surface area (Å²) < 4.78 is 5.48. The fourth-order valence-corrected chi connectivity index (χ4v) is 1.66. The predicted molar refractivity (Wildman–Crippen MR) is 63.4 cm³/mol. The SMILES string of the molecule is Cc1cc(-c2ccc(CN)o2)ccc1[N+](=O)[O-]. The van der Waals surface area contributed by atoms with E-state index in [1.807, 2.05) is 6.07 Å². The Morgan fingerprint density at radius 3 is 2.65 bits per heavy atom. The zero-order chi connectivity index (χ0) is 12.4. The third-order valence-electron chi connectivity index (χ3n) is 2.54. The van der Waals surface area contributed by atoms with E-state index in [-0.39, 0.29) is 5.69 Å². The van der Waals surface area contributed by atoms with Crippen LogP contribution < -0.4 is 5.73 Å². The van der Waals surface area contributed by atoms with Gasteiger partial charge in [-0.1, -0.05) is 0 Å². The number of nitro benzene ring substituents is 1. The molecule has 88 valence electrons. The molecule has 17 heavy (non-hydrogen) atoms. The molecule has 2 rings (SSSR count). The fourth-order valence-electron chi connectivity index (χ4n) is 1.66. The Morgan fingerprint density at radius 2 is 2.12 bits per heavy atom. The molecule has 0 aliphatic carbocycles. The van der Waals surface area contributed by atoms with Crippen LogP contribution in [0.25, 0.3) is 11.3 Å². The third-order valence-corrected chi connectivity index (χ3v) is 2.54. The fraction of sp³-hybridized carbons (Fsp3) is 0.167. The number of nitrogens with zero attached hydrogens (tertiary/aromatic N) is 1. The molecule has 1 aromatic carbocycles. The highest BCUT2D eigenvalue weighted by atomic mass is 16.6. The monoisotopic (exact) mass is 232 g/mol. The summed E-state index contributed by atoms with van der Waals surface area (Å²) >= 11 is 0. The van der Waals surface area contributed by atoms with E-state index >= 15 is 0 Å². The van der Waals surface area contributed by atoms with Crippen molar-refractivity contribution in [2.24, 2.45) is 5.73 Å². The van der Waals surface area contributed by atoms with Crippen molar-refractivity contribution >= 4 is 5.69 Å². The standard InChI is InChI=1S/C12H12N2O3/c1-8-6-9(2-4-11(8)14(15)16)12-5-3-10(7-13)17-12/h2-6H,7,13H2,1H3. The first-order valence-corrected chi connectivity index (χ1v) is 5.16. The van der Waals surface area contributed by atoms with Crippen LogP contribution in [0, 0.1) is 17.0 Å². The number of hydrogen-bond donors (Lipinski definition) is 1. The molecule has 0 saturated heterocycles. The third kappa shape index (κ3) is 2.19. The van der Waals surface area contributed by atoms with Gasteiger partial charge in [0.1, 0.15) is 11.5 Å². The van der Waals surface area contributed by atoms with Crippen LogP contribution in [0.1, 0.15) is 11.3 Å². The Hall–Kier alpha value is -2.14. The summed E-state index contributed by atoms with van der Waals surface area (Å²) in [5.74, 6) is 1.36. The van der Waals surface area contributed by atoms with Crippen LogP contribution in [0.4, 0.5) is 5.69 Å². The van der Waals surface area contributed by atoms with Gasteiger partial charge in [-0.05, 0) is 31.2 Å². The van der Waals surface area contributed by atoms with Crippen molar-refractivity contribution in [1.29, 1.82) is 0 Å². The average Bonchev–Trinajstić information content (AvgIpc) is 2.76. The van der Waals surface area contributed by atoms with E-state index in [0.29, 0.717) is 23.6 Å². The lowest BCUT2D eigenvalue weighted by molar-refractivity contribution is -0.385. The van der Waals surface area contributed by atoms with Crippen molar-refractivity contribution in [3.63, 3.8) is 0 Å². The second kappa shape index (κ2) is 4.39. The van der Waals surface area contributed by atoms with Crippen molar-refractivity contribution in [3.05, 3.63) is 51.8 Å². The van der Waals surface area contributed by atoms with Crippen LogP contribution in [0.15, 0.2) is 34.7 Å². The zero-order valence-corrected chi connectivity index (χ0v) is 9.34. The maximum Gasteiger partial charge on any atom is 0.272 e. The van der Waals surface area contributed by atoms with Crippen molar-refractivity contribution in [2.45, 2.75) is 13.5 Å². The molecule has 2 N–H and O–H groups in total. The molecule has 0 amide bonds. The molecule has 0 atom stereocenters. The lowest BCUT2D eigenvalue weighted by atomic mass is 10.1. The molecule has 0 radical (unpaired) electrons. The Morgan fingerprint density at radius 1 is 1.35 bits per heavy atom. The highest BCUT2D eigenvalue weighted by Gasteiger charge is 2.12. The van der Waals surface area contributed by atoms with Crippen LogP contribution in [0.3, 0.4) is 0 Å². The molecular formula is C12H12N2O3. The topological polar surface area (TPSA) is 82.3 Å². The van der Waals surface area contributed by atoms with Gasteiger partial charge in [0, 0.05) is 17.2 Å². The van der Waals surface area contributed by atoms with Crippen LogP contribution >= 0.6 is 0 Å². The summed E-state index contributed by atoms with van der Waals surface area (Å²) in [6.07, 6.45) is 0. The van der Waals surface area contributed by atoms with Gasteiger partial charge in [-0.25, -0.2) is 0 Å². The summed E-state index contributed by atoms with van der Waals surface area (Å²) in [4.78, 5) is 10.3. The van der Waals surface area contributed by atoms with Crippen LogP contribution in [-0.2, 0) is 6.54 Å². The van der Waals surface area contributed by atoms with Gasteiger partial charge in [0.15, 0.2) is 0 Å². The molecule has 1 heterocycles. The molecule has 0 bridgehead atoms. The van der Waals surface area contributed by atoms with Gasteiger partial charge in [-0.2, -0.15) is 0 Å². The van der Waals surface area contributed by atoms with E-state index in [1.165, 1.54) is 6.07 Å².